The van der Waals surface area contributed by atoms with Gasteiger partial charge in [0.25, 0.3) is 0 Å². The zero-order valence-electron chi connectivity index (χ0n) is 10.4. The minimum absolute atomic E-state index is 0.248. The highest BCUT2D eigenvalue weighted by atomic mass is 16.5. The highest BCUT2D eigenvalue weighted by molar-refractivity contribution is 5.88. The summed E-state index contributed by atoms with van der Waals surface area (Å²) < 4.78 is 14.1. The van der Waals surface area contributed by atoms with Crippen LogP contribution in [-0.2, 0) is 28.6 Å². The minimum atomic E-state index is -1.02. The van der Waals surface area contributed by atoms with Gasteiger partial charge in [0.05, 0.1) is 33.2 Å². The number of ether oxygens (including phenoxy) is 3. The molecule has 18 heavy (non-hydrogen) atoms. The second kappa shape index (κ2) is 6.95. The summed E-state index contributed by atoms with van der Waals surface area (Å²) in [5.74, 6) is -1.86. The van der Waals surface area contributed by atoms with E-state index in [1.807, 2.05) is 0 Å². The van der Waals surface area contributed by atoms with Crippen LogP contribution in [0, 0.1) is 5.92 Å². The SMILES string of the molecule is COC(=O)C[C@@H](NC(=O)[C@H]1CCOC1)C(=O)OC. The molecule has 7 heteroatoms. The fraction of sp³-hybridized carbons (Fsp3) is 0.727. The monoisotopic (exact) mass is 259 g/mol. The molecule has 0 unspecified atom stereocenters. The van der Waals surface area contributed by atoms with Crippen molar-refractivity contribution < 1.29 is 28.6 Å². The standard InChI is InChI=1S/C11H17NO6/c1-16-9(13)5-8(11(15)17-2)12-10(14)7-3-4-18-6-7/h7-8H,3-6H2,1-2H3,(H,12,14)/t7-,8+/m0/s1. The average Bonchev–Trinajstić information content (AvgIpc) is 2.90. The van der Waals surface area contributed by atoms with Gasteiger partial charge in [0.1, 0.15) is 6.04 Å². The van der Waals surface area contributed by atoms with Gasteiger partial charge in [-0.2, -0.15) is 0 Å². The lowest BCUT2D eigenvalue weighted by Crippen LogP contribution is -2.45. The smallest absolute Gasteiger partial charge is 0.328 e. The lowest BCUT2D eigenvalue weighted by molar-refractivity contribution is -0.151. The summed E-state index contributed by atoms with van der Waals surface area (Å²) in [5, 5.41) is 2.48. The van der Waals surface area contributed by atoms with E-state index in [-0.39, 0.29) is 18.2 Å². The number of carbonyl (C=O) groups is 3. The number of hydrogen-bond acceptors (Lipinski definition) is 6. The average molecular weight is 259 g/mol. The van der Waals surface area contributed by atoms with Crippen molar-refractivity contribution in [3.63, 3.8) is 0 Å². The van der Waals surface area contributed by atoms with Crippen molar-refractivity contribution in [3.05, 3.63) is 0 Å². The van der Waals surface area contributed by atoms with Crippen LogP contribution >= 0.6 is 0 Å². The molecule has 1 saturated heterocycles. The van der Waals surface area contributed by atoms with E-state index in [1.54, 1.807) is 0 Å². The topological polar surface area (TPSA) is 90.9 Å². The third kappa shape index (κ3) is 3.99. The Hall–Kier alpha value is -1.63. The molecule has 1 amide bonds. The van der Waals surface area contributed by atoms with Gasteiger partial charge < -0.3 is 19.5 Å². The molecule has 0 spiro atoms. The maximum absolute atomic E-state index is 11.8. The van der Waals surface area contributed by atoms with Gasteiger partial charge in [-0.25, -0.2) is 4.79 Å². The van der Waals surface area contributed by atoms with Crippen LogP contribution in [0.2, 0.25) is 0 Å². The second-order valence-corrected chi connectivity index (χ2v) is 3.93. The van der Waals surface area contributed by atoms with Crippen LogP contribution in [0.4, 0.5) is 0 Å². The molecule has 0 aromatic carbocycles. The Balaban J connectivity index is 2.56. The summed E-state index contributed by atoms with van der Waals surface area (Å²) in [4.78, 5) is 34.4. The van der Waals surface area contributed by atoms with E-state index in [0.717, 1.165) is 0 Å². The Morgan fingerprint density at radius 3 is 2.56 bits per heavy atom. The third-order valence-corrected chi connectivity index (χ3v) is 2.70. The first kappa shape index (κ1) is 14.4. The molecule has 1 heterocycles. The van der Waals surface area contributed by atoms with Crippen molar-refractivity contribution in [2.45, 2.75) is 18.9 Å². The van der Waals surface area contributed by atoms with Crippen molar-refractivity contribution in [2.24, 2.45) is 5.92 Å². The summed E-state index contributed by atoms with van der Waals surface area (Å²) in [7, 11) is 2.40. The summed E-state index contributed by atoms with van der Waals surface area (Å²) in [6.45, 7) is 0.857. The number of amides is 1. The van der Waals surface area contributed by atoms with E-state index < -0.39 is 18.0 Å². The Morgan fingerprint density at radius 2 is 2.06 bits per heavy atom. The number of rotatable bonds is 5. The summed E-state index contributed by atoms with van der Waals surface area (Å²) in [6, 6.07) is -1.02. The maximum Gasteiger partial charge on any atom is 0.328 e. The van der Waals surface area contributed by atoms with E-state index in [1.165, 1.54) is 14.2 Å². The normalized spacial score (nSPS) is 20.0. The van der Waals surface area contributed by atoms with Gasteiger partial charge >= 0.3 is 11.9 Å². The van der Waals surface area contributed by atoms with Gasteiger partial charge in [-0.05, 0) is 6.42 Å². The molecule has 0 aliphatic carbocycles. The Labute approximate surface area is 105 Å². The lowest BCUT2D eigenvalue weighted by Gasteiger charge is -2.17. The van der Waals surface area contributed by atoms with Crippen molar-refractivity contribution in [1.82, 2.24) is 5.32 Å². The third-order valence-electron chi connectivity index (χ3n) is 2.70. The van der Waals surface area contributed by atoms with Gasteiger partial charge in [-0.3, -0.25) is 9.59 Å². The Morgan fingerprint density at radius 1 is 1.33 bits per heavy atom. The predicted molar refractivity (Wildman–Crippen MR) is 59.5 cm³/mol. The zero-order valence-corrected chi connectivity index (χ0v) is 10.4. The molecule has 0 bridgehead atoms. The minimum Gasteiger partial charge on any atom is -0.469 e. The summed E-state index contributed by atoms with van der Waals surface area (Å²) in [5.41, 5.74) is 0. The lowest BCUT2D eigenvalue weighted by atomic mass is 10.1. The van der Waals surface area contributed by atoms with Crippen molar-refractivity contribution in [2.75, 3.05) is 27.4 Å². The fourth-order valence-electron chi connectivity index (χ4n) is 1.62. The van der Waals surface area contributed by atoms with Crippen LogP contribution in [0.15, 0.2) is 0 Å². The van der Waals surface area contributed by atoms with Crippen LogP contribution in [0.5, 0.6) is 0 Å². The molecule has 1 aliphatic rings. The van der Waals surface area contributed by atoms with Crippen LogP contribution in [0.25, 0.3) is 0 Å². The van der Waals surface area contributed by atoms with Gasteiger partial charge in [0.2, 0.25) is 5.91 Å². The highest BCUT2D eigenvalue weighted by Gasteiger charge is 2.30. The van der Waals surface area contributed by atoms with Crippen molar-refractivity contribution in [3.8, 4) is 0 Å². The van der Waals surface area contributed by atoms with Crippen molar-refractivity contribution >= 4 is 17.8 Å². The molecule has 2 atom stereocenters. The Bertz CT molecular complexity index is 323. The van der Waals surface area contributed by atoms with E-state index in [4.69, 9.17) is 4.74 Å². The van der Waals surface area contributed by atoms with Crippen LogP contribution < -0.4 is 5.32 Å². The van der Waals surface area contributed by atoms with Gasteiger partial charge in [-0.1, -0.05) is 0 Å². The molecule has 1 rings (SSSR count). The summed E-state index contributed by atoms with van der Waals surface area (Å²) >= 11 is 0. The van der Waals surface area contributed by atoms with E-state index in [2.05, 4.69) is 14.8 Å². The quantitative estimate of drug-likeness (QED) is 0.653. The number of esters is 2. The Kier molecular flexibility index (Phi) is 5.57. The van der Waals surface area contributed by atoms with Gasteiger partial charge in [-0.15, -0.1) is 0 Å². The summed E-state index contributed by atoms with van der Waals surface area (Å²) in [6.07, 6.45) is 0.362. The highest BCUT2D eigenvalue weighted by Crippen LogP contribution is 2.13. The molecule has 0 radical (unpaired) electrons. The first-order valence-electron chi connectivity index (χ1n) is 5.61. The molecular formula is C11H17NO6. The number of hydrogen-bond donors (Lipinski definition) is 1. The largest absolute Gasteiger partial charge is 0.469 e. The molecule has 0 aromatic rings. The molecule has 0 saturated carbocycles. The fourth-order valence-corrected chi connectivity index (χ4v) is 1.62. The predicted octanol–water partition coefficient (Wildman–Crippen LogP) is -0.756. The second-order valence-electron chi connectivity index (χ2n) is 3.93. The first-order chi connectivity index (χ1) is 8.58. The number of carbonyl (C=O) groups excluding carboxylic acids is 3. The molecule has 1 N–H and O–H groups in total. The van der Waals surface area contributed by atoms with Crippen LogP contribution in [0.3, 0.4) is 0 Å². The molecule has 7 nitrogen and oxygen atoms in total. The molecule has 1 aliphatic heterocycles. The van der Waals surface area contributed by atoms with Gasteiger partial charge in [0.15, 0.2) is 0 Å². The first-order valence-corrected chi connectivity index (χ1v) is 5.61. The maximum atomic E-state index is 11.8. The van der Waals surface area contributed by atoms with Crippen molar-refractivity contribution in [1.29, 1.82) is 0 Å². The van der Waals surface area contributed by atoms with Crippen LogP contribution in [0.1, 0.15) is 12.8 Å². The molecular weight excluding hydrogens is 242 g/mol. The molecule has 1 fully saturated rings. The number of methoxy groups -OCH3 is 2. The number of nitrogens with one attached hydrogen (secondary N) is 1. The molecule has 102 valence electrons. The van der Waals surface area contributed by atoms with E-state index in [9.17, 15) is 14.4 Å². The van der Waals surface area contributed by atoms with Crippen LogP contribution in [-0.4, -0.2) is 51.3 Å². The van der Waals surface area contributed by atoms with E-state index >= 15 is 0 Å². The molecule has 0 aromatic heterocycles. The van der Waals surface area contributed by atoms with E-state index in [0.29, 0.717) is 19.6 Å². The zero-order chi connectivity index (χ0) is 13.5. The van der Waals surface area contributed by atoms with Gasteiger partial charge in [0, 0.05) is 6.61 Å².